The SMILES string of the molecule is Cc1nc2c(Cl)cc(Cl)cn2c1C(=O)Nc1ccc(Oc2ccccc2)cc1. The molecule has 1 N–H and O–H groups in total. The molecule has 140 valence electrons. The summed E-state index contributed by atoms with van der Waals surface area (Å²) in [6.45, 7) is 1.75. The lowest BCUT2D eigenvalue weighted by atomic mass is 10.2. The number of pyridine rings is 1. The molecule has 0 fully saturated rings. The second-order valence-corrected chi connectivity index (χ2v) is 6.98. The van der Waals surface area contributed by atoms with Gasteiger partial charge in [-0.25, -0.2) is 4.98 Å². The van der Waals surface area contributed by atoms with E-state index < -0.39 is 0 Å². The maximum atomic E-state index is 12.8. The Balaban J connectivity index is 1.56. The summed E-state index contributed by atoms with van der Waals surface area (Å²) in [5.74, 6) is 1.11. The van der Waals surface area contributed by atoms with Crippen LogP contribution in [0, 0.1) is 6.92 Å². The van der Waals surface area contributed by atoms with Gasteiger partial charge in [0.05, 0.1) is 15.7 Å². The number of imidazole rings is 1. The predicted octanol–water partition coefficient (Wildman–Crippen LogP) is 5.99. The summed E-state index contributed by atoms with van der Waals surface area (Å²) in [6, 6.07) is 18.2. The number of hydrogen-bond donors (Lipinski definition) is 1. The van der Waals surface area contributed by atoms with Crippen LogP contribution in [-0.2, 0) is 0 Å². The molecule has 0 radical (unpaired) electrons. The lowest BCUT2D eigenvalue weighted by Gasteiger charge is -2.09. The van der Waals surface area contributed by atoms with Crippen molar-refractivity contribution in [2.75, 3.05) is 5.32 Å². The average molecular weight is 412 g/mol. The van der Waals surface area contributed by atoms with Gasteiger partial charge >= 0.3 is 0 Å². The number of fused-ring (bicyclic) bond motifs is 1. The molecule has 4 rings (SSSR count). The first kappa shape index (κ1) is 18.3. The number of rotatable bonds is 4. The van der Waals surface area contributed by atoms with Crippen LogP contribution in [0.25, 0.3) is 5.65 Å². The summed E-state index contributed by atoms with van der Waals surface area (Å²) in [5.41, 5.74) is 2.06. The minimum Gasteiger partial charge on any atom is -0.457 e. The van der Waals surface area contributed by atoms with Crippen molar-refractivity contribution >= 4 is 40.4 Å². The largest absolute Gasteiger partial charge is 0.457 e. The maximum Gasteiger partial charge on any atom is 0.274 e. The van der Waals surface area contributed by atoms with Crippen LogP contribution in [-0.4, -0.2) is 15.3 Å². The molecule has 2 aromatic heterocycles. The number of anilines is 1. The quantitative estimate of drug-likeness (QED) is 0.448. The fourth-order valence-corrected chi connectivity index (χ4v) is 3.39. The van der Waals surface area contributed by atoms with Crippen molar-refractivity contribution in [1.82, 2.24) is 9.38 Å². The molecule has 0 atom stereocenters. The zero-order chi connectivity index (χ0) is 19.7. The van der Waals surface area contributed by atoms with E-state index in [-0.39, 0.29) is 5.91 Å². The zero-order valence-electron chi connectivity index (χ0n) is 14.8. The van der Waals surface area contributed by atoms with Crippen LogP contribution in [0.4, 0.5) is 5.69 Å². The summed E-state index contributed by atoms with van der Waals surface area (Å²) in [6.07, 6.45) is 1.62. The van der Waals surface area contributed by atoms with Crippen LogP contribution in [0.5, 0.6) is 11.5 Å². The number of benzene rings is 2. The Kier molecular flexibility index (Phi) is 4.94. The van der Waals surface area contributed by atoms with Crippen LogP contribution in [0.3, 0.4) is 0 Å². The molecule has 0 aliphatic rings. The van der Waals surface area contributed by atoms with E-state index >= 15 is 0 Å². The first-order valence-electron chi connectivity index (χ1n) is 8.49. The standard InChI is InChI=1S/C21H15Cl2N3O2/c1-13-19(26-12-14(22)11-18(23)20(26)24-13)21(27)25-15-7-9-17(10-8-15)28-16-5-3-2-4-6-16/h2-12H,1H3,(H,25,27). The zero-order valence-corrected chi connectivity index (χ0v) is 16.3. The molecule has 4 aromatic rings. The molecule has 1 amide bonds. The summed E-state index contributed by atoms with van der Waals surface area (Å²) in [5, 5.41) is 3.67. The van der Waals surface area contributed by atoms with E-state index in [4.69, 9.17) is 27.9 Å². The van der Waals surface area contributed by atoms with Crippen LogP contribution < -0.4 is 10.1 Å². The number of carbonyl (C=O) groups excluding carboxylic acids is 1. The number of nitrogens with one attached hydrogen (secondary N) is 1. The Morgan fingerprint density at radius 3 is 2.43 bits per heavy atom. The first-order chi connectivity index (χ1) is 13.5. The number of para-hydroxylation sites is 1. The van der Waals surface area contributed by atoms with E-state index in [1.165, 1.54) is 0 Å². The molecule has 0 aliphatic carbocycles. The minimum atomic E-state index is -0.305. The molecule has 0 unspecified atom stereocenters. The Morgan fingerprint density at radius 1 is 1.04 bits per heavy atom. The van der Waals surface area contributed by atoms with Crippen molar-refractivity contribution in [2.45, 2.75) is 6.92 Å². The van der Waals surface area contributed by atoms with Gasteiger partial charge in [-0.3, -0.25) is 9.20 Å². The molecular formula is C21H15Cl2N3O2. The number of amides is 1. The Hall–Kier alpha value is -3.02. The maximum absolute atomic E-state index is 12.8. The smallest absolute Gasteiger partial charge is 0.274 e. The second-order valence-electron chi connectivity index (χ2n) is 6.14. The fourth-order valence-electron chi connectivity index (χ4n) is 2.88. The van der Waals surface area contributed by atoms with Gasteiger partial charge in [-0.15, -0.1) is 0 Å². The van der Waals surface area contributed by atoms with Crippen molar-refractivity contribution < 1.29 is 9.53 Å². The van der Waals surface area contributed by atoms with E-state index in [1.807, 2.05) is 30.3 Å². The van der Waals surface area contributed by atoms with Crippen molar-refractivity contribution in [2.24, 2.45) is 0 Å². The molecule has 0 spiro atoms. The highest BCUT2D eigenvalue weighted by Crippen LogP contribution is 2.26. The number of ether oxygens (including phenoxy) is 1. The predicted molar refractivity (Wildman–Crippen MR) is 111 cm³/mol. The normalized spacial score (nSPS) is 10.8. The number of halogens is 2. The van der Waals surface area contributed by atoms with Crippen LogP contribution >= 0.6 is 23.2 Å². The van der Waals surface area contributed by atoms with Gasteiger partial charge in [0, 0.05) is 11.9 Å². The Bertz CT molecular complexity index is 1160. The number of carbonyl (C=O) groups is 1. The van der Waals surface area contributed by atoms with Crippen molar-refractivity contribution in [1.29, 1.82) is 0 Å². The third kappa shape index (κ3) is 3.67. The van der Waals surface area contributed by atoms with Gasteiger partial charge < -0.3 is 10.1 Å². The topological polar surface area (TPSA) is 55.6 Å². The highest BCUT2D eigenvalue weighted by Gasteiger charge is 2.19. The molecule has 28 heavy (non-hydrogen) atoms. The monoisotopic (exact) mass is 411 g/mol. The first-order valence-corrected chi connectivity index (χ1v) is 9.25. The van der Waals surface area contributed by atoms with E-state index in [9.17, 15) is 4.79 Å². The van der Waals surface area contributed by atoms with Crippen molar-refractivity contribution in [3.63, 3.8) is 0 Å². The molecule has 7 heteroatoms. The second kappa shape index (κ2) is 7.54. The van der Waals surface area contributed by atoms with E-state index in [1.54, 1.807) is 47.9 Å². The summed E-state index contributed by atoms with van der Waals surface area (Å²) in [4.78, 5) is 17.2. The lowest BCUT2D eigenvalue weighted by Crippen LogP contribution is -2.15. The van der Waals surface area contributed by atoms with Crippen molar-refractivity contribution in [3.05, 3.63) is 88.3 Å². The number of nitrogens with zero attached hydrogens (tertiary/aromatic N) is 2. The highest BCUT2D eigenvalue weighted by molar-refractivity contribution is 6.36. The van der Waals surface area contributed by atoms with Crippen LogP contribution in [0.15, 0.2) is 66.9 Å². The van der Waals surface area contributed by atoms with Gasteiger partial charge in [0.2, 0.25) is 0 Å². The molecule has 2 aromatic carbocycles. The molecule has 2 heterocycles. The van der Waals surface area contributed by atoms with Crippen LogP contribution in [0.2, 0.25) is 10.0 Å². The van der Waals surface area contributed by atoms with E-state index in [2.05, 4.69) is 10.3 Å². The third-order valence-electron chi connectivity index (χ3n) is 4.12. The lowest BCUT2D eigenvalue weighted by molar-refractivity contribution is 0.102. The summed E-state index contributed by atoms with van der Waals surface area (Å²) >= 11 is 12.3. The Labute approximate surface area is 171 Å². The molecular weight excluding hydrogens is 397 g/mol. The van der Waals surface area contributed by atoms with Crippen LogP contribution in [0.1, 0.15) is 16.2 Å². The van der Waals surface area contributed by atoms with Crippen molar-refractivity contribution in [3.8, 4) is 11.5 Å². The minimum absolute atomic E-state index is 0.305. The summed E-state index contributed by atoms with van der Waals surface area (Å²) in [7, 11) is 0. The van der Waals surface area contributed by atoms with Gasteiger partial charge in [0.1, 0.15) is 17.2 Å². The third-order valence-corrected chi connectivity index (χ3v) is 4.61. The van der Waals surface area contributed by atoms with Gasteiger partial charge in [0.15, 0.2) is 5.65 Å². The van der Waals surface area contributed by atoms with Gasteiger partial charge in [-0.2, -0.15) is 0 Å². The number of aromatic nitrogens is 2. The molecule has 0 aliphatic heterocycles. The van der Waals surface area contributed by atoms with Gasteiger partial charge in [0.25, 0.3) is 5.91 Å². The molecule has 0 bridgehead atoms. The Morgan fingerprint density at radius 2 is 1.71 bits per heavy atom. The molecule has 0 saturated heterocycles. The summed E-state index contributed by atoms with van der Waals surface area (Å²) < 4.78 is 7.36. The van der Waals surface area contributed by atoms with Gasteiger partial charge in [-0.05, 0) is 49.4 Å². The van der Waals surface area contributed by atoms with Gasteiger partial charge in [-0.1, -0.05) is 41.4 Å². The number of aryl methyl sites for hydroxylation is 1. The fraction of sp³-hybridized carbons (Fsp3) is 0.0476. The van der Waals surface area contributed by atoms with E-state index in [0.29, 0.717) is 38.5 Å². The molecule has 0 saturated carbocycles. The van der Waals surface area contributed by atoms with E-state index in [0.717, 1.165) is 5.75 Å². The number of hydrogen-bond acceptors (Lipinski definition) is 3. The molecule has 5 nitrogen and oxygen atoms in total. The highest BCUT2D eigenvalue weighted by atomic mass is 35.5. The average Bonchev–Trinajstić information content (AvgIpc) is 3.00.